The second-order valence-corrected chi connectivity index (χ2v) is 3.49. The van der Waals surface area contributed by atoms with E-state index < -0.39 is 18.0 Å². The van der Waals surface area contributed by atoms with Crippen molar-refractivity contribution < 1.29 is 30.0 Å². The van der Waals surface area contributed by atoms with Crippen LogP contribution in [0.4, 0.5) is 0 Å². The van der Waals surface area contributed by atoms with Crippen LogP contribution in [0, 0.1) is 0 Å². The van der Waals surface area contributed by atoms with Crippen LogP contribution in [-0.2, 0) is 16.0 Å². The first-order chi connectivity index (χ1) is 7.93. The maximum absolute atomic E-state index is 10.6. The SMILES string of the molecule is O=C(O)CCc1cccc(C(O)C(=O)O)c1O. The molecule has 6 heteroatoms. The largest absolute Gasteiger partial charge is 0.507 e. The first-order valence-electron chi connectivity index (χ1n) is 4.87. The van der Waals surface area contributed by atoms with Crippen molar-refractivity contribution in [2.24, 2.45) is 0 Å². The molecule has 0 bridgehead atoms. The smallest absolute Gasteiger partial charge is 0.337 e. The topological polar surface area (TPSA) is 115 Å². The molecule has 17 heavy (non-hydrogen) atoms. The molecule has 1 atom stereocenters. The van der Waals surface area contributed by atoms with E-state index in [2.05, 4.69) is 0 Å². The van der Waals surface area contributed by atoms with Crippen molar-refractivity contribution in [1.82, 2.24) is 0 Å². The molecule has 1 rings (SSSR count). The van der Waals surface area contributed by atoms with Crippen molar-refractivity contribution in [1.29, 1.82) is 0 Å². The number of phenols is 1. The van der Waals surface area contributed by atoms with Crippen LogP contribution in [0.5, 0.6) is 5.75 Å². The van der Waals surface area contributed by atoms with E-state index in [1.807, 2.05) is 0 Å². The summed E-state index contributed by atoms with van der Waals surface area (Å²) in [5, 5.41) is 36.1. The third kappa shape index (κ3) is 3.18. The number of para-hydroxylation sites is 1. The van der Waals surface area contributed by atoms with Crippen LogP contribution < -0.4 is 0 Å². The molecule has 0 amide bonds. The van der Waals surface area contributed by atoms with Gasteiger partial charge in [0.25, 0.3) is 0 Å². The molecule has 0 aliphatic carbocycles. The summed E-state index contributed by atoms with van der Waals surface area (Å²) in [6.07, 6.45) is -1.93. The highest BCUT2D eigenvalue weighted by molar-refractivity contribution is 5.75. The Labute approximate surface area is 96.8 Å². The third-order valence-corrected chi connectivity index (χ3v) is 2.29. The lowest BCUT2D eigenvalue weighted by Gasteiger charge is -2.11. The maximum atomic E-state index is 10.6. The first kappa shape index (κ1) is 13.0. The number of aliphatic hydroxyl groups excluding tert-OH is 1. The van der Waals surface area contributed by atoms with Crippen LogP contribution in [0.2, 0.25) is 0 Å². The Morgan fingerprint density at radius 3 is 2.41 bits per heavy atom. The van der Waals surface area contributed by atoms with Gasteiger partial charge in [-0.05, 0) is 12.0 Å². The number of hydrogen-bond donors (Lipinski definition) is 4. The fourth-order valence-corrected chi connectivity index (χ4v) is 1.41. The monoisotopic (exact) mass is 240 g/mol. The zero-order valence-electron chi connectivity index (χ0n) is 8.83. The van der Waals surface area contributed by atoms with E-state index in [1.165, 1.54) is 18.2 Å². The molecule has 1 aromatic carbocycles. The van der Waals surface area contributed by atoms with Crippen molar-refractivity contribution in [3.05, 3.63) is 29.3 Å². The molecule has 0 heterocycles. The van der Waals surface area contributed by atoms with Gasteiger partial charge in [0.1, 0.15) is 5.75 Å². The van der Waals surface area contributed by atoms with Crippen LogP contribution in [0.1, 0.15) is 23.7 Å². The number of carboxylic acids is 2. The molecule has 0 spiro atoms. The highest BCUT2D eigenvalue weighted by atomic mass is 16.4. The summed E-state index contributed by atoms with van der Waals surface area (Å²) in [6, 6.07) is 4.22. The molecule has 1 unspecified atom stereocenters. The summed E-state index contributed by atoms with van der Waals surface area (Å²) in [5.74, 6) is -2.87. The Hall–Kier alpha value is -2.08. The average molecular weight is 240 g/mol. The molecule has 1 aromatic rings. The van der Waals surface area contributed by atoms with E-state index in [-0.39, 0.29) is 24.2 Å². The van der Waals surface area contributed by atoms with Gasteiger partial charge in [0.2, 0.25) is 0 Å². The zero-order valence-corrected chi connectivity index (χ0v) is 8.83. The molecule has 0 radical (unpaired) electrons. The molecule has 4 N–H and O–H groups in total. The molecule has 6 nitrogen and oxygen atoms in total. The number of aliphatic hydroxyl groups is 1. The first-order valence-corrected chi connectivity index (χ1v) is 4.87. The Kier molecular flexibility index (Phi) is 4.06. The number of hydrogen-bond acceptors (Lipinski definition) is 4. The van der Waals surface area contributed by atoms with E-state index in [9.17, 15) is 19.8 Å². The van der Waals surface area contributed by atoms with E-state index in [0.29, 0.717) is 5.56 Å². The Morgan fingerprint density at radius 2 is 1.88 bits per heavy atom. The Bertz CT molecular complexity index is 440. The molecule has 0 aliphatic rings. The minimum absolute atomic E-state index is 0.0708. The molecule has 0 saturated carbocycles. The lowest BCUT2D eigenvalue weighted by Crippen LogP contribution is -2.11. The number of carboxylic acid groups (broad SMARTS) is 2. The van der Waals surface area contributed by atoms with Crippen molar-refractivity contribution >= 4 is 11.9 Å². The van der Waals surface area contributed by atoms with Gasteiger partial charge in [0.15, 0.2) is 6.10 Å². The summed E-state index contributed by atoms with van der Waals surface area (Å²) in [7, 11) is 0. The highest BCUT2D eigenvalue weighted by Crippen LogP contribution is 2.28. The van der Waals surface area contributed by atoms with Crippen molar-refractivity contribution in [2.45, 2.75) is 18.9 Å². The number of aromatic hydroxyl groups is 1. The van der Waals surface area contributed by atoms with Crippen LogP contribution in [0.25, 0.3) is 0 Å². The van der Waals surface area contributed by atoms with Gasteiger partial charge >= 0.3 is 11.9 Å². The van der Waals surface area contributed by atoms with Crippen molar-refractivity contribution in [3.8, 4) is 5.75 Å². The highest BCUT2D eigenvalue weighted by Gasteiger charge is 2.21. The van der Waals surface area contributed by atoms with E-state index in [0.717, 1.165) is 0 Å². The van der Waals surface area contributed by atoms with Crippen molar-refractivity contribution in [3.63, 3.8) is 0 Å². The minimum Gasteiger partial charge on any atom is -0.507 e. The van der Waals surface area contributed by atoms with Gasteiger partial charge in [0.05, 0.1) is 0 Å². The summed E-state index contributed by atoms with van der Waals surface area (Å²) >= 11 is 0. The predicted octanol–water partition coefficient (Wildman–Crippen LogP) is 0.527. The van der Waals surface area contributed by atoms with Crippen LogP contribution in [0.15, 0.2) is 18.2 Å². The standard InChI is InChI=1S/C11H12O6/c12-8(13)5-4-6-2-1-3-7(9(6)14)10(15)11(16)17/h1-3,10,14-15H,4-5H2,(H,12,13)(H,16,17). The molecular weight excluding hydrogens is 228 g/mol. The van der Waals surface area contributed by atoms with E-state index >= 15 is 0 Å². The molecule has 0 aliphatic heterocycles. The van der Waals surface area contributed by atoms with Gasteiger partial charge in [-0.1, -0.05) is 18.2 Å². The van der Waals surface area contributed by atoms with Crippen molar-refractivity contribution in [2.75, 3.05) is 0 Å². The second kappa shape index (κ2) is 5.31. The Morgan fingerprint density at radius 1 is 1.24 bits per heavy atom. The average Bonchev–Trinajstić information content (AvgIpc) is 2.26. The fourth-order valence-electron chi connectivity index (χ4n) is 1.41. The van der Waals surface area contributed by atoms with Crippen LogP contribution >= 0.6 is 0 Å². The van der Waals surface area contributed by atoms with Gasteiger partial charge < -0.3 is 20.4 Å². The van der Waals surface area contributed by atoms with Crippen LogP contribution in [-0.4, -0.2) is 32.4 Å². The normalized spacial score (nSPS) is 12.1. The molecule has 0 saturated heterocycles. The van der Waals surface area contributed by atoms with Gasteiger partial charge in [-0.2, -0.15) is 0 Å². The summed E-state index contributed by atoms with van der Waals surface area (Å²) in [6.45, 7) is 0. The minimum atomic E-state index is -1.82. The summed E-state index contributed by atoms with van der Waals surface area (Å²) in [4.78, 5) is 21.0. The number of aryl methyl sites for hydroxylation is 1. The number of benzene rings is 1. The van der Waals surface area contributed by atoms with Gasteiger partial charge in [-0.15, -0.1) is 0 Å². The third-order valence-electron chi connectivity index (χ3n) is 2.29. The number of rotatable bonds is 5. The number of aliphatic carboxylic acids is 2. The lowest BCUT2D eigenvalue weighted by atomic mass is 10.0. The maximum Gasteiger partial charge on any atom is 0.337 e. The Balaban J connectivity index is 2.98. The van der Waals surface area contributed by atoms with Gasteiger partial charge in [0, 0.05) is 12.0 Å². The molecule has 0 aromatic heterocycles. The molecule has 92 valence electrons. The quantitative estimate of drug-likeness (QED) is 0.596. The van der Waals surface area contributed by atoms with Crippen LogP contribution in [0.3, 0.4) is 0 Å². The summed E-state index contributed by atoms with van der Waals surface area (Å²) in [5.41, 5.74) is 0.158. The number of phenolic OH excluding ortho intramolecular Hbond substituents is 1. The molecule has 0 fully saturated rings. The van der Waals surface area contributed by atoms with E-state index in [1.54, 1.807) is 0 Å². The lowest BCUT2D eigenvalue weighted by molar-refractivity contribution is -0.147. The van der Waals surface area contributed by atoms with E-state index in [4.69, 9.17) is 10.2 Å². The second-order valence-electron chi connectivity index (χ2n) is 3.49. The number of carbonyl (C=O) groups is 2. The molecular formula is C11H12O6. The summed E-state index contributed by atoms with van der Waals surface area (Å²) < 4.78 is 0. The predicted molar refractivity (Wildman–Crippen MR) is 56.7 cm³/mol. The van der Waals surface area contributed by atoms with Gasteiger partial charge in [-0.25, -0.2) is 4.79 Å². The fraction of sp³-hybridized carbons (Fsp3) is 0.273. The zero-order chi connectivity index (χ0) is 13.0. The van der Waals surface area contributed by atoms with Gasteiger partial charge in [-0.3, -0.25) is 4.79 Å².